The molecule has 2 unspecified atom stereocenters. The summed E-state index contributed by atoms with van der Waals surface area (Å²) in [6, 6.07) is 0.296. The lowest BCUT2D eigenvalue weighted by Gasteiger charge is -2.36. The second kappa shape index (κ2) is 4.87. The van der Waals surface area contributed by atoms with Crippen LogP contribution >= 0.6 is 22.9 Å². The van der Waals surface area contributed by atoms with Crippen molar-refractivity contribution >= 4 is 28.1 Å². The Morgan fingerprint density at radius 1 is 1.62 bits per heavy atom. The minimum atomic E-state index is -0.0508. The predicted octanol–water partition coefficient (Wildman–Crippen LogP) is 1.90. The molecule has 2 atom stereocenters. The van der Waals surface area contributed by atoms with Gasteiger partial charge in [0, 0.05) is 6.54 Å². The molecule has 1 aliphatic heterocycles. The number of hydrogen-bond acceptors (Lipinski definition) is 5. The van der Waals surface area contributed by atoms with Crippen molar-refractivity contribution in [2.45, 2.75) is 32.6 Å². The monoisotopic (exact) mass is 262 g/mol. The molecule has 1 aliphatic rings. The van der Waals surface area contributed by atoms with E-state index in [0.29, 0.717) is 17.8 Å². The van der Waals surface area contributed by atoms with E-state index in [1.54, 1.807) is 0 Å². The zero-order chi connectivity index (χ0) is 11.7. The van der Waals surface area contributed by atoms with Gasteiger partial charge in [0.25, 0.3) is 0 Å². The van der Waals surface area contributed by atoms with Crippen LogP contribution in [0.5, 0.6) is 0 Å². The highest BCUT2D eigenvalue weighted by Gasteiger charge is 2.26. The topological polar surface area (TPSA) is 45.6 Å². The molecular formula is C10H15ClN2O2S. The number of aromatic nitrogens is 1. The summed E-state index contributed by atoms with van der Waals surface area (Å²) < 4.78 is 5.56. The second-order valence-corrected chi connectivity index (χ2v) is 5.43. The highest BCUT2D eigenvalue weighted by Crippen LogP contribution is 2.32. The third-order valence-electron chi connectivity index (χ3n) is 2.64. The lowest BCUT2D eigenvalue weighted by molar-refractivity contribution is 0.0343. The first-order chi connectivity index (χ1) is 7.61. The molecular weight excluding hydrogens is 248 g/mol. The number of ether oxygens (including phenoxy) is 1. The largest absolute Gasteiger partial charge is 0.391 e. The Kier molecular flexibility index (Phi) is 3.69. The van der Waals surface area contributed by atoms with E-state index in [9.17, 15) is 0 Å². The summed E-state index contributed by atoms with van der Waals surface area (Å²) in [6.45, 7) is 5.61. The zero-order valence-electron chi connectivity index (χ0n) is 9.31. The number of rotatable bonds is 2. The number of nitrogens with zero attached hydrogens (tertiary/aromatic N) is 2. The normalized spacial score (nSPS) is 26.1. The van der Waals surface area contributed by atoms with Crippen molar-refractivity contribution in [1.82, 2.24) is 4.98 Å². The number of hydrogen-bond donors (Lipinski definition) is 1. The lowest BCUT2D eigenvalue weighted by atomic mass is 10.2. The fraction of sp³-hybridized carbons (Fsp3) is 0.700. The van der Waals surface area contributed by atoms with Gasteiger partial charge in [-0.3, -0.25) is 0 Å². The molecule has 16 heavy (non-hydrogen) atoms. The van der Waals surface area contributed by atoms with Crippen LogP contribution in [0.25, 0.3) is 0 Å². The van der Waals surface area contributed by atoms with Gasteiger partial charge in [-0.15, -0.1) is 0 Å². The van der Waals surface area contributed by atoms with Gasteiger partial charge in [0.1, 0.15) is 5.15 Å². The van der Waals surface area contributed by atoms with Crippen LogP contribution in [0.3, 0.4) is 0 Å². The highest BCUT2D eigenvalue weighted by atomic mass is 35.5. The van der Waals surface area contributed by atoms with Crippen LogP contribution in [0.1, 0.15) is 18.7 Å². The second-order valence-electron chi connectivity index (χ2n) is 4.01. The summed E-state index contributed by atoms with van der Waals surface area (Å²) in [5.74, 6) is 0. The Morgan fingerprint density at radius 3 is 3.00 bits per heavy atom. The van der Waals surface area contributed by atoms with Crippen molar-refractivity contribution in [2.75, 3.05) is 18.1 Å². The minimum absolute atomic E-state index is 0.0508. The van der Waals surface area contributed by atoms with Crippen molar-refractivity contribution in [3.8, 4) is 0 Å². The number of halogens is 1. The fourth-order valence-corrected chi connectivity index (χ4v) is 2.94. The van der Waals surface area contributed by atoms with E-state index >= 15 is 0 Å². The molecule has 1 saturated heterocycles. The molecule has 1 fully saturated rings. The first-order valence-electron chi connectivity index (χ1n) is 5.26. The SMILES string of the molecule is CC1CN(c2nc(Cl)c(CO)s2)C(C)CO1. The molecule has 0 amide bonds. The minimum Gasteiger partial charge on any atom is -0.391 e. The van der Waals surface area contributed by atoms with Crippen LogP contribution in [0, 0.1) is 0 Å². The number of morpholine rings is 1. The number of anilines is 1. The van der Waals surface area contributed by atoms with Crippen LogP contribution in [-0.2, 0) is 11.3 Å². The van der Waals surface area contributed by atoms with Crippen molar-refractivity contribution in [2.24, 2.45) is 0 Å². The molecule has 1 aromatic heterocycles. The number of aliphatic hydroxyl groups is 1. The Labute approximate surface area is 104 Å². The van der Waals surface area contributed by atoms with Gasteiger partial charge in [0.2, 0.25) is 0 Å². The molecule has 2 rings (SSSR count). The summed E-state index contributed by atoms with van der Waals surface area (Å²) in [5, 5.41) is 10.4. The van der Waals surface area contributed by atoms with Gasteiger partial charge in [-0.1, -0.05) is 22.9 Å². The highest BCUT2D eigenvalue weighted by molar-refractivity contribution is 7.16. The zero-order valence-corrected chi connectivity index (χ0v) is 10.9. The maximum atomic E-state index is 9.09. The Balaban J connectivity index is 2.21. The fourth-order valence-electron chi connectivity index (χ4n) is 1.71. The molecule has 0 aromatic carbocycles. The average molecular weight is 263 g/mol. The van der Waals surface area contributed by atoms with Crippen LogP contribution < -0.4 is 4.90 Å². The summed E-state index contributed by atoms with van der Waals surface area (Å²) in [5.41, 5.74) is 0. The van der Waals surface area contributed by atoms with E-state index in [-0.39, 0.29) is 12.7 Å². The van der Waals surface area contributed by atoms with Crippen LogP contribution in [0.2, 0.25) is 5.15 Å². The summed E-state index contributed by atoms with van der Waals surface area (Å²) in [7, 11) is 0. The van der Waals surface area contributed by atoms with E-state index < -0.39 is 0 Å². The Bertz CT molecular complexity index is 372. The van der Waals surface area contributed by atoms with Crippen LogP contribution in [-0.4, -0.2) is 35.4 Å². The van der Waals surface area contributed by atoms with E-state index in [1.807, 2.05) is 6.92 Å². The lowest BCUT2D eigenvalue weighted by Crippen LogP contribution is -2.47. The first-order valence-corrected chi connectivity index (χ1v) is 6.45. The molecule has 1 N–H and O–H groups in total. The molecule has 4 nitrogen and oxygen atoms in total. The Morgan fingerprint density at radius 2 is 2.38 bits per heavy atom. The maximum Gasteiger partial charge on any atom is 0.187 e. The predicted molar refractivity (Wildman–Crippen MR) is 65.3 cm³/mol. The van der Waals surface area contributed by atoms with Gasteiger partial charge in [-0.2, -0.15) is 0 Å². The third kappa shape index (κ3) is 2.32. The van der Waals surface area contributed by atoms with Crippen LogP contribution in [0.4, 0.5) is 5.13 Å². The van der Waals surface area contributed by atoms with Crippen molar-refractivity contribution < 1.29 is 9.84 Å². The maximum absolute atomic E-state index is 9.09. The molecule has 6 heteroatoms. The van der Waals surface area contributed by atoms with Gasteiger partial charge in [0.15, 0.2) is 5.13 Å². The van der Waals surface area contributed by atoms with E-state index in [0.717, 1.165) is 16.6 Å². The molecule has 0 bridgehead atoms. The average Bonchev–Trinajstić information content (AvgIpc) is 2.63. The quantitative estimate of drug-likeness (QED) is 0.884. The standard InChI is InChI=1S/C10H15ClN2O2S/c1-6-5-15-7(2)3-13(6)10-12-9(11)8(4-14)16-10/h6-7,14H,3-5H2,1-2H3. The molecule has 1 aromatic rings. The van der Waals surface area contributed by atoms with Crippen LogP contribution in [0.15, 0.2) is 0 Å². The number of thiazole rings is 1. The molecule has 0 spiro atoms. The van der Waals surface area contributed by atoms with Crippen molar-refractivity contribution in [1.29, 1.82) is 0 Å². The van der Waals surface area contributed by atoms with E-state index in [4.69, 9.17) is 21.4 Å². The van der Waals surface area contributed by atoms with Crippen molar-refractivity contribution in [3.63, 3.8) is 0 Å². The smallest absolute Gasteiger partial charge is 0.187 e. The first kappa shape index (κ1) is 12.1. The van der Waals surface area contributed by atoms with Gasteiger partial charge >= 0.3 is 0 Å². The van der Waals surface area contributed by atoms with Gasteiger partial charge in [-0.05, 0) is 13.8 Å². The molecule has 0 saturated carbocycles. The van der Waals surface area contributed by atoms with Gasteiger partial charge in [0.05, 0.1) is 30.2 Å². The molecule has 2 heterocycles. The number of aliphatic hydroxyl groups excluding tert-OH is 1. The Hall–Kier alpha value is -0.360. The molecule has 90 valence electrons. The van der Waals surface area contributed by atoms with Gasteiger partial charge in [-0.25, -0.2) is 4.98 Å². The third-order valence-corrected chi connectivity index (χ3v) is 4.14. The summed E-state index contributed by atoms with van der Waals surface area (Å²) in [6.07, 6.45) is 0.205. The van der Waals surface area contributed by atoms with Crippen molar-refractivity contribution in [3.05, 3.63) is 10.0 Å². The van der Waals surface area contributed by atoms with Gasteiger partial charge < -0.3 is 14.7 Å². The molecule has 0 aliphatic carbocycles. The van der Waals surface area contributed by atoms with E-state index in [2.05, 4.69) is 16.8 Å². The van der Waals surface area contributed by atoms with E-state index in [1.165, 1.54) is 11.3 Å². The summed E-state index contributed by atoms with van der Waals surface area (Å²) >= 11 is 7.38. The summed E-state index contributed by atoms with van der Waals surface area (Å²) in [4.78, 5) is 7.19. The molecule has 0 radical (unpaired) electrons.